The molecule has 2 aliphatic heterocycles. The molecule has 1 aromatic carbocycles. The maximum Gasteiger partial charge on any atom is 0.254 e. The Morgan fingerprint density at radius 3 is 2.52 bits per heavy atom. The van der Waals surface area contributed by atoms with E-state index in [1.807, 2.05) is 6.92 Å². The average Bonchev–Trinajstić information content (AvgIpc) is 3.05. The van der Waals surface area contributed by atoms with Gasteiger partial charge in [-0.25, -0.2) is 8.42 Å². The lowest BCUT2D eigenvalue weighted by Crippen LogP contribution is -2.40. The van der Waals surface area contributed by atoms with E-state index in [4.69, 9.17) is 10.5 Å². The molecule has 2 fully saturated rings. The van der Waals surface area contributed by atoms with E-state index in [0.29, 0.717) is 51.5 Å². The number of nitrogens with zero attached hydrogens (tertiary/aromatic N) is 2. The minimum Gasteiger partial charge on any atom is -0.379 e. The number of nitrogens with two attached hydrogens (primary N) is 1. The highest BCUT2D eigenvalue weighted by Crippen LogP contribution is 2.30. The summed E-state index contributed by atoms with van der Waals surface area (Å²) < 4.78 is 32.4. The molecule has 0 aliphatic carbocycles. The third-order valence-corrected chi connectivity index (χ3v) is 7.28. The Hall–Kier alpha value is -1.19. The van der Waals surface area contributed by atoms with E-state index >= 15 is 0 Å². The predicted molar refractivity (Wildman–Crippen MR) is 106 cm³/mol. The number of halogens is 1. The van der Waals surface area contributed by atoms with Crippen molar-refractivity contribution in [2.75, 3.05) is 45.9 Å². The van der Waals surface area contributed by atoms with E-state index in [-0.39, 0.29) is 28.6 Å². The second kappa shape index (κ2) is 8.45. The van der Waals surface area contributed by atoms with Gasteiger partial charge < -0.3 is 15.4 Å². The molecule has 7 nitrogen and oxygen atoms in total. The number of morpholine rings is 1. The maximum atomic E-state index is 13.0. The molecule has 0 bridgehead atoms. The lowest BCUT2D eigenvalue weighted by Gasteiger charge is -2.26. The van der Waals surface area contributed by atoms with Crippen LogP contribution in [-0.4, -0.2) is 69.5 Å². The predicted octanol–water partition coefficient (Wildman–Crippen LogP) is 1.25. The third-order valence-electron chi connectivity index (χ3n) is 5.39. The zero-order valence-corrected chi connectivity index (χ0v) is 17.4. The molecule has 1 atom stereocenters. The Bertz CT molecular complexity index is 796. The van der Waals surface area contributed by atoms with E-state index in [1.165, 1.54) is 10.4 Å². The van der Waals surface area contributed by atoms with E-state index in [2.05, 4.69) is 6.92 Å². The van der Waals surface area contributed by atoms with Crippen molar-refractivity contribution in [1.29, 1.82) is 0 Å². The minimum absolute atomic E-state index is 0. The van der Waals surface area contributed by atoms with E-state index in [1.54, 1.807) is 17.0 Å². The number of sulfonamides is 1. The lowest BCUT2D eigenvalue weighted by molar-refractivity contribution is 0.0730. The largest absolute Gasteiger partial charge is 0.379 e. The van der Waals surface area contributed by atoms with Crippen molar-refractivity contribution in [2.24, 2.45) is 11.1 Å². The van der Waals surface area contributed by atoms with Crippen LogP contribution < -0.4 is 5.73 Å². The molecule has 27 heavy (non-hydrogen) atoms. The fourth-order valence-corrected chi connectivity index (χ4v) is 4.90. The number of carbonyl (C=O) groups is 1. The Morgan fingerprint density at radius 1 is 1.26 bits per heavy atom. The normalized spacial score (nSPS) is 23.9. The molecule has 152 valence electrons. The van der Waals surface area contributed by atoms with E-state index < -0.39 is 10.0 Å². The third kappa shape index (κ3) is 4.46. The molecule has 1 aromatic rings. The number of hydrogen-bond donors (Lipinski definition) is 1. The fourth-order valence-electron chi connectivity index (χ4n) is 3.46. The fraction of sp³-hybridized carbons (Fsp3) is 0.611. The van der Waals surface area contributed by atoms with Gasteiger partial charge in [-0.1, -0.05) is 13.0 Å². The van der Waals surface area contributed by atoms with Crippen molar-refractivity contribution >= 4 is 28.3 Å². The first-order valence-corrected chi connectivity index (χ1v) is 10.4. The minimum atomic E-state index is -3.62. The number of likely N-dealkylation sites (tertiary alicyclic amines) is 1. The van der Waals surface area contributed by atoms with Gasteiger partial charge in [0.2, 0.25) is 10.0 Å². The number of hydrogen-bond acceptors (Lipinski definition) is 5. The van der Waals surface area contributed by atoms with Crippen LogP contribution in [0.2, 0.25) is 0 Å². The van der Waals surface area contributed by atoms with Crippen LogP contribution in [0.15, 0.2) is 23.1 Å². The second-order valence-corrected chi connectivity index (χ2v) is 9.42. The van der Waals surface area contributed by atoms with Crippen LogP contribution in [0.3, 0.4) is 0 Å². The van der Waals surface area contributed by atoms with Crippen molar-refractivity contribution in [1.82, 2.24) is 9.21 Å². The van der Waals surface area contributed by atoms with Gasteiger partial charge in [0.25, 0.3) is 5.91 Å². The van der Waals surface area contributed by atoms with Crippen molar-refractivity contribution < 1.29 is 17.9 Å². The van der Waals surface area contributed by atoms with Crippen LogP contribution in [0.1, 0.15) is 29.3 Å². The van der Waals surface area contributed by atoms with Gasteiger partial charge in [0.05, 0.1) is 18.1 Å². The van der Waals surface area contributed by atoms with Gasteiger partial charge in [-0.05, 0) is 43.0 Å². The first kappa shape index (κ1) is 22.1. The topological polar surface area (TPSA) is 92.9 Å². The summed E-state index contributed by atoms with van der Waals surface area (Å²) in [5.74, 6) is -0.126. The maximum absolute atomic E-state index is 13.0. The molecular formula is C18H28ClN3O4S. The molecule has 0 spiro atoms. The number of carbonyl (C=O) groups excluding carboxylic acids is 1. The molecule has 2 saturated heterocycles. The van der Waals surface area contributed by atoms with Crippen LogP contribution in [0.25, 0.3) is 0 Å². The Balaban J connectivity index is 0.00000261. The molecule has 2 heterocycles. The summed E-state index contributed by atoms with van der Waals surface area (Å²) in [6.45, 7) is 7.13. The molecular weight excluding hydrogens is 390 g/mol. The first-order chi connectivity index (χ1) is 12.3. The molecule has 9 heteroatoms. The summed E-state index contributed by atoms with van der Waals surface area (Å²) in [5.41, 5.74) is 6.98. The van der Waals surface area contributed by atoms with Crippen LogP contribution in [0.4, 0.5) is 0 Å². The zero-order chi connectivity index (χ0) is 18.9. The Kier molecular flexibility index (Phi) is 6.91. The highest BCUT2D eigenvalue weighted by Gasteiger charge is 2.36. The summed E-state index contributed by atoms with van der Waals surface area (Å²) in [4.78, 5) is 14.9. The second-order valence-electron chi connectivity index (χ2n) is 7.48. The number of ether oxygens (including phenoxy) is 1. The summed E-state index contributed by atoms with van der Waals surface area (Å²) in [5, 5.41) is 0. The molecule has 0 radical (unpaired) electrons. The number of rotatable bonds is 4. The average molecular weight is 418 g/mol. The molecule has 0 saturated carbocycles. The number of amides is 1. The summed E-state index contributed by atoms with van der Waals surface area (Å²) >= 11 is 0. The van der Waals surface area contributed by atoms with Crippen molar-refractivity contribution in [3.8, 4) is 0 Å². The van der Waals surface area contributed by atoms with Gasteiger partial charge in [-0.15, -0.1) is 12.4 Å². The van der Waals surface area contributed by atoms with E-state index in [0.717, 1.165) is 12.0 Å². The number of aryl methyl sites for hydroxylation is 1. The molecule has 2 aliphatic rings. The quantitative estimate of drug-likeness (QED) is 0.795. The Morgan fingerprint density at radius 2 is 1.93 bits per heavy atom. The first-order valence-electron chi connectivity index (χ1n) is 8.95. The summed E-state index contributed by atoms with van der Waals surface area (Å²) in [6, 6.07) is 4.80. The van der Waals surface area contributed by atoms with Gasteiger partial charge in [-0.2, -0.15) is 4.31 Å². The molecule has 1 amide bonds. The molecule has 0 aromatic heterocycles. The zero-order valence-electron chi connectivity index (χ0n) is 15.8. The summed E-state index contributed by atoms with van der Waals surface area (Å²) in [7, 11) is -3.62. The van der Waals surface area contributed by atoms with Gasteiger partial charge in [0, 0.05) is 31.7 Å². The van der Waals surface area contributed by atoms with Crippen molar-refractivity contribution in [2.45, 2.75) is 25.2 Å². The van der Waals surface area contributed by atoms with E-state index in [9.17, 15) is 13.2 Å². The SMILES string of the molecule is Cc1ccc(S(=O)(=O)N2CCOCC2)cc1C(=O)N1CCC(C)(CN)C1.Cl. The van der Waals surface area contributed by atoms with Gasteiger partial charge in [0.15, 0.2) is 0 Å². The number of benzene rings is 1. The van der Waals surface area contributed by atoms with Crippen molar-refractivity contribution in [3.63, 3.8) is 0 Å². The molecule has 3 rings (SSSR count). The van der Waals surface area contributed by atoms with Crippen LogP contribution in [-0.2, 0) is 14.8 Å². The lowest BCUT2D eigenvalue weighted by atomic mass is 9.90. The Labute approximate surface area is 167 Å². The van der Waals surface area contributed by atoms with Gasteiger partial charge in [-0.3, -0.25) is 4.79 Å². The molecule has 1 unspecified atom stereocenters. The van der Waals surface area contributed by atoms with Crippen molar-refractivity contribution in [3.05, 3.63) is 29.3 Å². The molecule has 2 N–H and O–H groups in total. The van der Waals surface area contributed by atoms with Gasteiger partial charge >= 0.3 is 0 Å². The standard InChI is InChI=1S/C18H27N3O4S.ClH/c1-14-3-4-15(26(23,24)21-7-9-25-10-8-21)11-16(14)17(22)20-6-5-18(2,12-19)13-20;/h3-4,11H,5-10,12-13,19H2,1-2H3;1H. The summed E-state index contributed by atoms with van der Waals surface area (Å²) in [6.07, 6.45) is 0.861. The highest BCUT2D eigenvalue weighted by atomic mass is 35.5. The van der Waals surface area contributed by atoms with Crippen LogP contribution in [0.5, 0.6) is 0 Å². The van der Waals surface area contributed by atoms with Crippen LogP contribution >= 0.6 is 12.4 Å². The monoisotopic (exact) mass is 417 g/mol. The van der Waals surface area contributed by atoms with Gasteiger partial charge in [0.1, 0.15) is 0 Å². The van der Waals surface area contributed by atoms with Crippen LogP contribution in [0, 0.1) is 12.3 Å². The highest BCUT2D eigenvalue weighted by molar-refractivity contribution is 7.89. The smallest absolute Gasteiger partial charge is 0.254 e.